The molecule has 6 heteroatoms. The third-order valence-electron chi connectivity index (χ3n) is 2.06. The Morgan fingerprint density at radius 3 is 2.20 bits per heavy atom. The SMILES string of the molecule is CC(C)(C)CC(=O)NS(=O)(=O)C1(Cl)CC1. The lowest BCUT2D eigenvalue weighted by atomic mass is 9.92. The van der Waals surface area contributed by atoms with Gasteiger partial charge in [-0.05, 0) is 18.3 Å². The minimum atomic E-state index is -3.69. The van der Waals surface area contributed by atoms with Crippen LogP contribution in [0.4, 0.5) is 0 Å². The van der Waals surface area contributed by atoms with Gasteiger partial charge in [-0.15, -0.1) is 0 Å². The molecule has 0 aromatic heterocycles. The molecule has 1 rings (SSSR count). The van der Waals surface area contributed by atoms with Gasteiger partial charge in [-0.2, -0.15) is 0 Å². The Bertz CT molecular complexity index is 365. The van der Waals surface area contributed by atoms with Gasteiger partial charge in [0.05, 0.1) is 0 Å². The van der Waals surface area contributed by atoms with Gasteiger partial charge in [-0.25, -0.2) is 8.42 Å². The summed E-state index contributed by atoms with van der Waals surface area (Å²) in [7, 11) is -3.69. The number of halogens is 1. The van der Waals surface area contributed by atoms with Crippen LogP contribution < -0.4 is 4.72 Å². The monoisotopic (exact) mass is 253 g/mol. The first-order valence-electron chi connectivity index (χ1n) is 4.80. The predicted molar refractivity (Wildman–Crippen MR) is 59.0 cm³/mol. The predicted octanol–water partition coefficient (Wildman–Crippen LogP) is 1.60. The van der Waals surface area contributed by atoms with Gasteiger partial charge in [-0.1, -0.05) is 32.4 Å². The van der Waals surface area contributed by atoms with Crippen LogP contribution in [-0.2, 0) is 14.8 Å². The summed E-state index contributed by atoms with van der Waals surface area (Å²) in [5.74, 6) is -0.491. The number of rotatable bonds is 3. The van der Waals surface area contributed by atoms with Crippen LogP contribution in [0.3, 0.4) is 0 Å². The quantitative estimate of drug-likeness (QED) is 0.777. The van der Waals surface area contributed by atoms with E-state index in [-0.39, 0.29) is 11.8 Å². The Kier molecular flexibility index (Phi) is 3.09. The number of alkyl halides is 1. The fraction of sp³-hybridized carbons (Fsp3) is 0.889. The molecule has 0 aliphatic heterocycles. The van der Waals surface area contributed by atoms with Crippen molar-refractivity contribution in [3.8, 4) is 0 Å². The number of carbonyl (C=O) groups excluding carboxylic acids is 1. The molecule has 0 radical (unpaired) electrons. The fourth-order valence-corrected chi connectivity index (χ4v) is 2.53. The zero-order chi connectivity index (χ0) is 11.9. The standard InChI is InChI=1S/C9H16ClNO3S/c1-8(2,3)6-7(12)11-15(13,14)9(10)4-5-9/h4-6H2,1-3H3,(H,11,12). The van der Waals surface area contributed by atoms with Crippen molar-refractivity contribution in [1.82, 2.24) is 4.72 Å². The Labute approximate surface area is 95.4 Å². The van der Waals surface area contributed by atoms with Gasteiger partial charge in [0, 0.05) is 6.42 Å². The zero-order valence-electron chi connectivity index (χ0n) is 9.13. The highest BCUT2D eigenvalue weighted by Gasteiger charge is 2.54. The first-order chi connectivity index (χ1) is 6.56. The Hall–Kier alpha value is -0.290. The largest absolute Gasteiger partial charge is 0.274 e. The molecule has 0 aromatic carbocycles. The first-order valence-corrected chi connectivity index (χ1v) is 6.66. The summed E-state index contributed by atoms with van der Waals surface area (Å²) in [4.78, 5) is 11.4. The van der Waals surface area contributed by atoms with Gasteiger partial charge < -0.3 is 0 Å². The highest BCUT2D eigenvalue weighted by atomic mass is 35.5. The van der Waals surface area contributed by atoms with Gasteiger partial charge in [0.25, 0.3) is 10.0 Å². The molecule has 1 amide bonds. The zero-order valence-corrected chi connectivity index (χ0v) is 10.7. The molecule has 1 saturated carbocycles. The average molecular weight is 254 g/mol. The highest BCUT2D eigenvalue weighted by Crippen LogP contribution is 2.46. The van der Waals surface area contributed by atoms with E-state index in [2.05, 4.69) is 0 Å². The third-order valence-corrected chi connectivity index (χ3v) is 4.92. The lowest BCUT2D eigenvalue weighted by Crippen LogP contribution is -2.38. The molecular weight excluding hydrogens is 238 g/mol. The summed E-state index contributed by atoms with van der Waals surface area (Å²) in [6, 6.07) is 0. The summed E-state index contributed by atoms with van der Waals surface area (Å²) in [6.07, 6.45) is 0.985. The van der Waals surface area contributed by atoms with E-state index in [0.29, 0.717) is 12.8 Å². The van der Waals surface area contributed by atoms with Crippen molar-refractivity contribution in [3.05, 3.63) is 0 Å². The van der Waals surface area contributed by atoms with Crippen LogP contribution in [0.1, 0.15) is 40.0 Å². The Morgan fingerprint density at radius 1 is 1.40 bits per heavy atom. The molecular formula is C9H16ClNO3S. The normalized spacial score (nSPS) is 19.7. The van der Waals surface area contributed by atoms with E-state index >= 15 is 0 Å². The minimum Gasteiger partial charge on any atom is -0.274 e. The van der Waals surface area contributed by atoms with E-state index < -0.39 is 20.1 Å². The molecule has 4 nitrogen and oxygen atoms in total. The van der Waals surface area contributed by atoms with Crippen molar-refractivity contribution in [2.75, 3.05) is 0 Å². The lowest BCUT2D eigenvalue weighted by Gasteiger charge is -2.18. The van der Waals surface area contributed by atoms with Crippen molar-refractivity contribution in [2.24, 2.45) is 5.41 Å². The lowest BCUT2D eigenvalue weighted by molar-refractivity contribution is -0.121. The molecule has 1 N–H and O–H groups in total. The molecule has 0 spiro atoms. The van der Waals surface area contributed by atoms with Crippen LogP contribution in [0, 0.1) is 5.41 Å². The van der Waals surface area contributed by atoms with Gasteiger partial charge in [0.2, 0.25) is 5.91 Å². The summed E-state index contributed by atoms with van der Waals surface area (Å²) in [5, 5.41) is 0. The van der Waals surface area contributed by atoms with Crippen LogP contribution in [0.25, 0.3) is 0 Å². The van der Waals surface area contributed by atoms with Crippen LogP contribution in [-0.4, -0.2) is 18.5 Å². The van der Waals surface area contributed by atoms with Crippen LogP contribution in [0.5, 0.6) is 0 Å². The van der Waals surface area contributed by atoms with Crippen molar-refractivity contribution in [1.29, 1.82) is 0 Å². The Morgan fingerprint density at radius 2 is 1.87 bits per heavy atom. The van der Waals surface area contributed by atoms with Gasteiger partial charge >= 0.3 is 0 Å². The number of amides is 1. The van der Waals surface area contributed by atoms with Gasteiger partial charge in [0.15, 0.2) is 4.21 Å². The van der Waals surface area contributed by atoms with E-state index in [9.17, 15) is 13.2 Å². The van der Waals surface area contributed by atoms with Crippen LogP contribution >= 0.6 is 11.6 Å². The summed E-state index contributed by atoms with van der Waals surface area (Å²) in [5.41, 5.74) is -0.234. The molecule has 0 atom stereocenters. The summed E-state index contributed by atoms with van der Waals surface area (Å²) < 4.78 is 23.9. The highest BCUT2D eigenvalue weighted by molar-refractivity contribution is 7.93. The second kappa shape index (κ2) is 3.63. The first kappa shape index (κ1) is 12.8. The molecule has 15 heavy (non-hydrogen) atoms. The fourth-order valence-electron chi connectivity index (χ4n) is 1.13. The summed E-state index contributed by atoms with van der Waals surface area (Å²) >= 11 is 5.75. The maximum Gasteiger partial charge on any atom is 0.254 e. The van der Waals surface area contributed by atoms with E-state index in [0.717, 1.165) is 0 Å². The number of nitrogens with one attached hydrogen (secondary N) is 1. The van der Waals surface area contributed by atoms with Crippen molar-refractivity contribution >= 4 is 27.5 Å². The van der Waals surface area contributed by atoms with Gasteiger partial charge in [0.1, 0.15) is 0 Å². The topological polar surface area (TPSA) is 63.2 Å². The molecule has 88 valence electrons. The second-order valence-corrected chi connectivity index (χ2v) is 8.09. The Balaban J connectivity index is 2.60. The number of carbonyl (C=O) groups is 1. The van der Waals surface area contributed by atoms with E-state index in [1.165, 1.54) is 0 Å². The second-order valence-electron chi connectivity index (χ2n) is 5.15. The number of hydrogen-bond acceptors (Lipinski definition) is 3. The molecule has 1 fully saturated rings. The maximum atomic E-state index is 11.5. The number of sulfonamides is 1. The van der Waals surface area contributed by atoms with Crippen LogP contribution in [0.15, 0.2) is 0 Å². The maximum absolute atomic E-state index is 11.5. The number of hydrogen-bond donors (Lipinski definition) is 1. The van der Waals surface area contributed by atoms with E-state index in [1.54, 1.807) is 0 Å². The van der Waals surface area contributed by atoms with E-state index in [1.807, 2.05) is 25.5 Å². The third kappa shape index (κ3) is 3.34. The molecule has 0 heterocycles. The summed E-state index contributed by atoms with van der Waals surface area (Å²) in [6.45, 7) is 5.60. The average Bonchev–Trinajstić information content (AvgIpc) is 2.62. The molecule has 0 saturated heterocycles. The van der Waals surface area contributed by atoms with Crippen molar-refractivity contribution in [2.45, 2.75) is 44.2 Å². The molecule has 0 aromatic rings. The van der Waals surface area contributed by atoms with Gasteiger partial charge in [-0.3, -0.25) is 9.52 Å². The van der Waals surface area contributed by atoms with Crippen molar-refractivity contribution < 1.29 is 13.2 Å². The molecule has 1 aliphatic carbocycles. The van der Waals surface area contributed by atoms with E-state index in [4.69, 9.17) is 11.6 Å². The molecule has 0 bridgehead atoms. The van der Waals surface area contributed by atoms with Crippen LogP contribution in [0.2, 0.25) is 0 Å². The smallest absolute Gasteiger partial charge is 0.254 e. The minimum absolute atomic E-state index is 0.166. The molecule has 1 aliphatic rings. The van der Waals surface area contributed by atoms with Crippen molar-refractivity contribution in [3.63, 3.8) is 0 Å². The molecule has 0 unspecified atom stereocenters.